The normalized spacial score (nSPS) is 11.6. The molecule has 1 aliphatic rings. The molecule has 7 N–H and O–H groups in total. The Kier molecular flexibility index (Phi) is 10.1. The first-order valence-electron chi connectivity index (χ1n) is 11.8. The van der Waals surface area contributed by atoms with Gasteiger partial charge in [-0.3, -0.25) is 0 Å². The zero-order chi connectivity index (χ0) is 27.8. The van der Waals surface area contributed by atoms with Crippen molar-refractivity contribution in [3.63, 3.8) is 0 Å². The summed E-state index contributed by atoms with van der Waals surface area (Å²) in [5.74, 6) is 0. The number of aliphatic hydroxyl groups is 4. The molecule has 0 saturated heterocycles. The van der Waals surface area contributed by atoms with Gasteiger partial charge in [-0.15, -0.1) is 0 Å². The maximum Gasteiger partial charge on any atom is 0.466 e. The second kappa shape index (κ2) is 13.1. The fraction of sp³-hybridized carbons (Fsp3) is 0.172. The van der Waals surface area contributed by atoms with Gasteiger partial charge in [0.2, 0.25) is 0 Å². The first-order valence-corrected chi connectivity index (χ1v) is 13.3. The van der Waals surface area contributed by atoms with Crippen molar-refractivity contribution in [2.24, 2.45) is 5.41 Å². The highest BCUT2D eigenvalue weighted by Gasteiger charge is 2.26. The lowest BCUT2D eigenvalue weighted by atomic mass is 9.81. The van der Waals surface area contributed by atoms with Gasteiger partial charge in [0.25, 0.3) is 0 Å². The summed E-state index contributed by atoms with van der Waals surface area (Å²) < 4.78 is 8.88. The lowest BCUT2D eigenvalue weighted by Gasteiger charge is -2.23. The van der Waals surface area contributed by atoms with Gasteiger partial charge in [0, 0.05) is 0 Å². The number of hydrogen-bond donors (Lipinski definition) is 7. The number of benzene rings is 4. The number of phosphoric acid groups is 1. The molecule has 5 rings (SSSR count). The Morgan fingerprint density at radius 2 is 0.553 bits per heavy atom. The van der Waals surface area contributed by atoms with E-state index in [9.17, 15) is 0 Å². The van der Waals surface area contributed by atoms with Crippen LogP contribution >= 0.6 is 7.82 Å². The van der Waals surface area contributed by atoms with Crippen LogP contribution in [0.3, 0.4) is 0 Å². The monoisotopic (exact) mass is 538 g/mol. The van der Waals surface area contributed by atoms with E-state index in [1.54, 1.807) is 0 Å². The minimum Gasteiger partial charge on any atom is -0.396 e. The van der Waals surface area contributed by atoms with Crippen molar-refractivity contribution in [3.05, 3.63) is 97.1 Å². The zero-order valence-corrected chi connectivity index (χ0v) is 21.4. The van der Waals surface area contributed by atoms with E-state index in [1.165, 1.54) is 44.5 Å². The second-order valence-corrected chi connectivity index (χ2v) is 9.85. The molecule has 0 aliphatic heterocycles. The molecular weight excluding hydrogens is 507 g/mol. The Morgan fingerprint density at radius 3 is 0.632 bits per heavy atom. The van der Waals surface area contributed by atoms with Crippen LogP contribution < -0.4 is 0 Å². The largest absolute Gasteiger partial charge is 0.466 e. The van der Waals surface area contributed by atoms with Crippen LogP contribution in [0.2, 0.25) is 0 Å². The maximum absolute atomic E-state index is 8.88. The fourth-order valence-electron chi connectivity index (χ4n) is 4.11. The van der Waals surface area contributed by atoms with Gasteiger partial charge >= 0.3 is 7.82 Å². The molecule has 0 bridgehead atoms. The quantitative estimate of drug-likeness (QED) is 0.171. The van der Waals surface area contributed by atoms with Crippen molar-refractivity contribution in [3.8, 4) is 44.5 Å². The lowest BCUT2D eigenvalue weighted by molar-refractivity contribution is -0.0328. The molecule has 4 aromatic carbocycles. The van der Waals surface area contributed by atoms with E-state index in [1.807, 2.05) is 0 Å². The molecule has 1 aliphatic carbocycles. The predicted octanol–water partition coefficient (Wildman–Crippen LogP) is 3.68. The highest BCUT2D eigenvalue weighted by molar-refractivity contribution is 7.45. The van der Waals surface area contributed by atoms with Crippen LogP contribution in [0.1, 0.15) is 0 Å². The molecule has 38 heavy (non-hydrogen) atoms. The molecule has 0 amide bonds. The van der Waals surface area contributed by atoms with Crippen molar-refractivity contribution < 1.29 is 39.7 Å². The molecule has 0 unspecified atom stereocenters. The van der Waals surface area contributed by atoms with Gasteiger partial charge in [-0.1, -0.05) is 97.1 Å². The summed E-state index contributed by atoms with van der Waals surface area (Å²) in [5.41, 5.74) is 9.30. The summed E-state index contributed by atoms with van der Waals surface area (Å²) in [7, 11) is -4.64. The van der Waals surface area contributed by atoms with Gasteiger partial charge in [0.1, 0.15) is 0 Å². The van der Waals surface area contributed by atoms with Crippen molar-refractivity contribution in [1.29, 1.82) is 0 Å². The third-order valence-electron chi connectivity index (χ3n) is 6.21. The standard InChI is InChI=1S/C24H16.C5H12O4.H3O4P/c1-2-10-18-17(9-1)19-11-3-4-13-21(19)23-15-7-8-16-24(23)22-14-6-5-12-20(18)22;6-1-5(2-7,3-8)4-9;1-5(2,3)4/h1-16H;6-9H,1-4H2;(H3,1,2,3,4). The van der Waals surface area contributed by atoms with Gasteiger partial charge in [0.05, 0.1) is 31.8 Å². The third kappa shape index (κ3) is 7.02. The summed E-state index contributed by atoms with van der Waals surface area (Å²) in [4.78, 5) is 21.6. The Balaban J connectivity index is 0.000000240. The van der Waals surface area contributed by atoms with E-state index in [0.29, 0.717) is 0 Å². The van der Waals surface area contributed by atoms with E-state index in [2.05, 4.69) is 97.1 Å². The van der Waals surface area contributed by atoms with Crippen LogP contribution in [0.4, 0.5) is 0 Å². The highest BCUT2D eigenvalue weighted by atomic mass is 31.2. The van der Waals surface area contributed by atoms with Crippen LogP contribution in [-0.4, -0.2) is 61.5 Å². The number of hydrogen-bond acceptors (Lipinski definition) is 5. The Labute approximate surface area is 221 Å². The van der Waals surface area contributed by atoms with E-state index >= 15 is 0 Å². The van der Waals surface area contributed by atoms with Crippen LogP contribution in [0.25, 0.3) is 44.5 Å². The highest BCUT2D eigenvalue weighted by Crippen LogP contribution is 2.47. The van der Waals surface area contributed by atoms with Gasteiger partial charge in [-0.2, -0.15) is 0 Å². The fourth-order valence-corrected chi connectivity index (χ4v) is 4.11. The SMILES string of the molecule is O=P(O)(O)O.OCC(CO)(CO)CO.c1ccc2c(c1)-c1ccccc1-c1ccccc1-c1ccccc1-2. The summed E-state index contributed by atoms with van der Waals surface area (Å²) in [5, 5.41) is 34.0. The van der Waals surface area contributed by atoms with Crippen LogP contribution in [0, 0.1) is 5.41 Å². The molecule has 0 heterocycles. The molecular formula is C29H31O8P. The molecule has 0 fully saturated rings. The topological polar surface area (TPSA) is 159 Å². The van der Waals surface area contributed by atoms with Crippen molar-refractivity contribution in [1.82, 2.24) is 0 Å². The van der Waals surface area contributed by atoms with Crippen LogP contribution in [0.5, 0.6) is 0 Å². The van der Waals surface area contributed by atoms with Gasteiger partial charge in [-0.25, -0.2) is 4.57 Å². The Hall–Kier alpha value is -3.17. The van der Waals surface area contributed by atoms with Crippen LogP contribution in [0.15, 0.2) is 97.1 Å². The Morgan fingerprint density at radius 1 is 0.421 bits per heavy atom. The summed E-state index contributed by atoms with van der Waals surface area (Å²) in [6, 6.07) is 34.9. The van der Waals surface area contributed by atoms with Crippen molar-refractivity contribution in [2.45, 2.75) is 0 Å². The summed E-state index contributed by atoms with van der Waals surface area (Å²) >= 11 is 0. The first-order chi connectivity index (χ1) is 18.2. The number of aliphatic hydroxyl groups excluding tert-OH is 4. The van der Waals surface area contributed by atoms with Crippen molar-refractivity contribution in [2.75, 3.05) is 26.4 Å². The van der Waals surface area contributed by atoms with Gasteiger partial charge in [-0.05, 0) is 44.5 Å². The van der Waals surface area contributed by atoms with E-state index in [4.69, 9.17) is 39.7 Å². The zero-order valence-electron chi connectivity index (χ0n) is 20.6. The summed E-state index contributed by atoms with van der Waals surface area (Å²) in [6.07, 6.45) is 0. The van der Waals surface area contributed by atoms with Gasteiger partial charge < -0.3 is 35.1 Å². The molecule has 0 spiro atoms. The molecule has 0 radical (unpaired) electrons. The Bertz CT molecular complexity index is 1080. The second-order valence-electron chi connectivity index (χ2n) is 8.83. The minimum absolute atomic E-state index is 0.406. The van der Waals surface area contributed by atoms with Crippen LogP contribution in [-0.2, 0) is 4.57 Å². The van der Waals surface area contributed by atoms with E-state index in [-0.39, 0.29) is 0 Å². The third-order valence-corrected chi connectivity index (χ3v) is 6.21. The first kappa shape index (κ1) is 29.4. The minimum atomic E-state index is -4.64. The molecule has 0 saturated carbocycles. The van der Waals surface area contributed by atoms with Crippen molar-refractivity contribution >= 4 is 7.82 Å². The molecule has 0 atom stereocenters. The predicted molar refractivity (Wildman–Crippen MR) is 147 cm³/mol. The molecule has 4 aromatic rings. The number of fused-ring (bicyclic) bond motifs is 8. The van der Waals surface area contributed by atoms with Gasteiger partial charge in [0.15, 0.2) is 0 Å². The average molecular weight is 539 g/mol. The number of rotatable bonds is 4. The maximum atomic E-state index is 8.88. The lowest BCUT2D eigenvalue weighted by Crippen LogP contribution is -2.37. The molecule has 8 nitrogen and oxygen atoms in total. The average Bonchev–Trinajstić information content (AvgIpc) is 2.93. The summed E-state index contributed by atoms with van der Waals surface area (Å²) in [6.45, 7) is -1.62. The molecule has 200 valence electrons. The molecule has 9 heteroatoms. The molecule has 0 aromatic heterocycles. The van der Waals surface area contributed by atoms with E-state index in [0.717, 1.165) is 0 Å². The smallest absolute Gasteiger partial charge is 0.396 e. The van der Waals surface area contributed by atoms with E-state index < -0.39 is 39.7 Å².